The van der Waals surface area contributed by atoms with Gasteiger partial charge in [0.2, 0.25) is 0 Å². The predicted octanol–water partition coefficient (Wildman–Crippen LogP) is 4.74. The van der Waals surface area contributed by atoms with Crippen LogP contribution in [0.25, 0.3) is 0 Å². The van der Waals surface area contributed by atoms with E-state index in [1.807, 2.05) is 4.90 Å². The number of piperidine rings is 1. The summed E-state index contributed by atoms with van der Waals surface area (Å²) in [5.74, 6) is -0.647. The summed E-state index contributed by atoms with van der Waals surface area (Å²) in [6.07, 6.45) is -2.76. The van der Waals surface area contributed by atoms with Crippen molar-refractivity contribution in [1.29, 1.82) is 0 Å². The first-order valence-electron chi connectivity index (χ1n) is 9.21. The minimum Gasteiger partial charge on any atom is -0.370 e. The van der Waals surface area contributed by atoms with Crippen LogP contribution in [0.4, 0.5) is 24.5 Å². The normalized spacial score (nSPS) is 18.0. The van der Waals surface area contributed by atoms with Gasteiger partial charge in [0.15, 0.2) is 0 Å². The van der Waals surface area contributed by atoms with Gasteiger partial charge in [-0.1, -0.05) is 19.1 Å². The van der Waals surface area contributed by atoms with Crippen molar-refractivity contribution >= 4 is 23.2 Å². The number of imide groups is 1. The Morgan fingerprint density at radius 2 is 1.46 bits per heavy atom. The van der Waals surface area contributed by atoms with Crippen LogP contribution >= 0.6 is 0 Å². The van der Waals surface area contributed by atoms with Gasteiger partial charge in [-0.3, -0.25) is 9.59 Å². The first-order valence-corrected chi connectivity index (χ1v) is 9.21. The van der Waals surface area contributed by atoms with Crippen LogP contribution < -0.4 is 9.80 Å². The second-order valence-electron chi connectivity index (χ2n) is 7.36. The van der Waals surface area contributed by atoms with Crippen LogP contribution in [-0.4, -0.2) is 24.9 Å². The Morgan fingerprint density at radius 1 is 0.893 bits per heavy atom. The Labute approximate surface area is 160 Å². The maximum atomic E-state index is 13.3. The monoisotopic (exact) mass is 388 g/mol. The van der Waals surface area contributed by atoms with E-state index in [0.717, 1.165) is 29.9 Å². The first kappa shape index (κ1) is 18.5. The number of hydrogen-bond donors (Lipinski definition) is 0. The molecule has 0 unspecified atom stereocenters. The zero-order valence-corrected chi connectivity index (χ0v) is 15.3. The largest absolute Gasteiger partial charge is 0.416 e. The lowest BCUT2D eigenvalue weighted by Gasteiger charge is -2.34. The third-order valence-corrected chi connectivity index (χ3v) is 5.46. The quantitative estimate of drug-likeness (QED) is 0.698. The second kappa shape index (κ2) is 6.65. The highest BCUT2D eigenvalue weighted by Gasteiger charge is 2.40. The molecule has 0 bridgehead atoms. The maximum Gasteiger partial charge on any atom is 0.416 e. The van der Waals surface area contributed by atoms with Gasteiger partial charge >= 0.3 is 6.18 Å². The molecule has 2 heterocycles. The molecule has 146 valence electrons. The lowest BCUT2D eigenvalue weighted by atomic mass is 9.98. The zero-order chi connectivity index (χ0) is 20.1. The van der Waals surface area contributed by atoms with E-state index in [1.165, 1.54) is 18.2 Å². The van der Waals surface area contributed by atoms with E-state index < -0.39 is 23.6 Å². The summed E-state index contributed by atoms with van der Waals surface area (Å²) in [6, 6.07) is 9.60. The lowest BCUT2D eigenvalue weighted by molar-refractivity contribution is -0.137. The van der Waals surface area contributed by atoms with Crippen LogP contribution in [0.5, 0.6) is 0 Å². The van der Waals surface area contributed by atoms with Crippen molar-refractivity contribution in [3.63, 3.8) is 0 Å². The summed E-state index contributed by atoms with van der Waals surface area (Å²) >= 11 is 0. The van der Waals surface area contributed by atoms with Crippen molar-refractivity contribution in [2.75, 3.05) is 22.9 Å². The summed E-state index contributed by atoms with van der Waals surface area (Å²) in [5, 5.41) is 0. The molecule has 7 heteroatoms. The lowest BCUT2D eigenvalue weighted by Crippen LogP contribution is -2.36. The maximum absolute atomic E-state index is 13.3. The fourth-order valence-corrected chi connectivity index (χ4v) is 3.80. The topological polar surface area (TPSA) is 40.6 Å². The molecular weight excluding hydrogens is 369 g/mol. The van der Waals surface area contributed by atoms with Crippen molar-refractivity contribution < 1.29 is 22.8 Å². The average Bonchev–Trinajstić information content (AvgIpc) is 2.92. The van der Waals surface area contributed by atoms with Gasteiger partial charge in [-0.25, -0.2) is 4.90 Å². The van der Waals surface area contributed by atoms with Gasteiger partial charge < -0.3 is 4.90 Å². The molecule has 0 radical (unpaired) electrons. The van der Waals surface area contributed by atoms with E-state index in [2.05, 4.69) is 6.92 Å². The minimum atomic E-state index is -4.57. The number of carbonyl (C=O) groups excluding carboxylic acids is 2. The van der Waals surface area contributed by atoms with Crippen LogP contribution in [0, 0.1) is 5.92 Å². The fraction of sp³-hybridized carbons (Fsp3) is 0.333. The minimum absolute atomic E-state index is 0.00409. The van der Waals surface area contributed by atoms with Gasteiger partial charge in [-0.15, -0.1) is 0 Å². The number of halogens is 3. The molecule has 0 atom stereocenters. The highest BCUT2D eigenvalue weighted by Crippen LogP contribution is 2.41. The summed E-state index contributed by atoms with van der Waals surface area (Å²) < 4.78 is 40.0. The van der Waals surface area contributed by atoms with E-state index in [-0.39, 0.29) is 16.8 Å². The number of amides is 2. The molecular formula is C21H19F3N2O2. The highest BCUT2D eigenvalue weighted by atomic mass is 19.4. The molecule has 1 fully saturated rings. The van der Waals surface area contributed by atoms with E-state index in [9.17, 15) is 22.8 Å². The number of nitrogens with zero attached hydrogens (tertiary/aromatic N) is 2. The van der Waals surface area contributed by atoms with Gasteiger partial charge in [0.05, 0.1) is 28.1 Å². The van der Waals surface area contributed by atoms with Gasteiger partial charge in [0.25, 0.3) is 11.8 Å². The summed E-state index contributed by atoms with van der Waals surface area (Å²) in [7, 11) is 0. The third kappa shape index (κ3) is 3.04. The summed E-state index contributed by atoms with van der Waals surface area (Å²) in [6.45, 7) is 3.47. The molecule has 0 N–H and O–H groups in total. The van der Waals surface area contributed by atoms with Gasteiger partial charge in [0, 0.05) is 13.1 Å². The summed E-state index contributed by atoms with van der Waals surface area (Å²) in [5.41, 5.74) is 0.0180. The molecule has 0 aromatic heterocycles. The number of anilines is 2. The number of alkyl halides is 3. The standard InChI is InChI=1S/C21H19F3N2O2/c1-13-8-10-25(11-9-13)17-7-6-14(21(22,23)24)12-18(17)26-19(27)15-4-2-3-5-16(15)20(26)28/h2-7,12-13H,8-11H2,1H3. The van der Waals surface area contributed by atoms with Gasteiger partial charge in [-0.2, -0.15) is 13.2 Å². The van der Waals surface area contributed by atoms with Gasteiger partial charge in [-0.05, 0) is 49.1 Å². The third-order valence-electron chi connectivity index (χ3n) is 5.46. The van der Waals surface area contributed by atoms with E-state index in [1.54, 1.807) is 12.1 Å². The molecule has 0 saturated carbocycles. The Kier molecular flexibility index (Phi) is 4.40. The van der Waals surface area contributed by atoms with Crippen molar-refractivity contribution in [3.8, 4) is 0 Å². The zero-order valence-electron chi connectivity index (χ0n) is 15.3. The SMILES string of the molecule is CC1CCN(c2ccc(C(F)(F)F)cc2N2C(=O)c3ccccc3C2=O)CC1. The van der Waals surface area contributed by atoms with E-state index in [0.29, 0.717) is 24.7 Å². The van der Waals surface area contributed by atoms with Crippen LogP contribution in [0.2, 0.25) is 0 Å². The molecule has 28 heavy (non-hydrogen) atoms. The molecule has 2 aliphatic rings. The molecule has 0 aliphatic carbocycles. The predicted molar refractivity (Wildman–Crippen MR) is 99.6 cm³/mol. The van der Waals surface area contributed by atoms with Crippen molar-refractivity contribution in [2.24, 2.45) is 5.92 Å². The Hall–Kier alpha value is -2.83. The number of fused-ring (bicyclic) bond motifs is 1. The van der Waals surface area contributed by atoms with E-state index >= 15 is 0 Å². The number of benzene rings is 2. The van der Waals surface area contributed by atoms with Crippen LogP contribution in [0.3, 0.4) is 0 Å². The second-order valence-corrected chi connectivity index (χ2v) is 7.36. The molecule has 2 aromatic carbocycles. The Bertz CT molecular complexity index is 912. The molecule has 4 rings (SSSR count). The Morgan fingerprint density at radius 3 is 2.00 bits per heavy atom. The van der Waals surface area contributed by atoms with Crippen molar-refractivity contribution in [3.05, 3.63) is 59.2 Å². The van der Waals surface area contributed by atoms with Crippen LogP contribution in [0.15, 0.2) is 42.5 Å². The summed E-state index contributed by atoms with van der Waals surface area (Å²) in [4.78, 5) is 28.6. The Balaban J connectivity index is 1.82. The van der Waals surface area contributed by atoms with Crippen LogP contribution in [0.1, 0.15) is 46.0 Å². The molecule has 0 spiro atoms. The molecule has 2 aromatic rings. The first-order chi connectivity index (χ1) is 13.3. The van der Waals surface area contributed by atoms with E-state index in [4.69, 9.17) is 0 Å². The number of rotatable bonds is 2. The molecule has 2 aliphatic heterocycles. The molecule has 4 nitrogen and oxygen atoms in total. The number of carbonyl (C=O) groups is 2. The number of hydrogen-bond acceptors (Lipinski definition) is 3. The highest BCUT2D eigenvalue weighted by molar-refractivity contribution is 6.35. The van der Waals surface area contributed by atoms with Gasteiger partial charge in [0.1, 0.15) is 0 Å². The van der Waals surface area contributed by atoms with Crippen LogP contribution in [-0.2, 0) is 6.18 Å². The van der Waals surface area contributed by atoms with Crippen molar-refractivity contribution in [1.82, 2.24) is 0 Å². The molecule has 2 amide bonds. The van der Waals surface area contributed by atoms with Crippen molar-refractivity contribution in [2.45, 2.75) is 25.9 Å². The average molecular weight is 388 g/mol. The fourth-order valence-electron chi connectivity index (χ4n) is 3.80. The molecule has 1 saturated heterocycles. The smallest absolute Gasteiger partial charge is 0.370 e.